The number of thioether (sulfide) groups is 1. The van der Waals surface area contributed by atoms with Crippen LogP contribution in [0.3, 0.4) is 0 Å². The van der Waals surface area contributed by atoms with Crippen LogP contribution in [0.1, 0.15) is 5.56 Å². The topological polar surface area (TPSA) is 115 Å². The van der Waals surface area contributed by atoms with Crippen molar-refractivity contribution in [2.45, 2.75) is 24.3 Å². The molecule has 3 aromatic rings. The Hall–Kier alpha value is -2.73. The second kappa shape index (κ2) is 11.4. The van der Waals surface area contributed by atoms with Crippen LogP contribution in [0.25, 0.3) is 10.7 Å². The molecule has 2 amide bonds. The highest BCUT2D eigenvalue weighted by Gasteiger charge is 2.22. The Morgan fingerprint density at radius 3 is 2.82 bits per heavy atom. The van der Waals surface area contributed by atoms with Crippen molar-refractivity contribution >= 4 is 34.9 Å². The van der Waals surface area contributed by atoms with Gasteiger partial charge in [0.15, 0.2) is 11.0 Å². The van der Waals surface area contributed by atoms with Crippen LogP contribution in [0.4, 0.5) is 0 Å². The highest BCUT2D eigenvalue weighted by Crippen LogP contribution is 2.27. The van der Waals surface area contributed by atoms with Gasteiger partial charge in [0.05, 0.1) is 23.3 Å². The van der Waals surface area contributed by atoms with Gasteiger partial charge in [-0.05, 0) is 17.0 Å². The number of ether oxygens (including phenoxy) is 1. The molecule has 2 aromatic heterocycles. The van der Waals surface area contributed by atoms with Crippen molar-refractivity contribution < 1.29 is 14.3 Å². The Labute approximate surface area is 200 Å². The Morgan fingerprint density at radius 1 is 1.21 bits per heavy atom. The summed E-state index contributed by atoms with van der Waals surface area (Å²) in [6.07, 6.45) is -0.0552. The van der Waals surface area contributed by atoms with E-state index in [1.807, 2.05) is 35.7 Å². The first-order chi connectivity index (χ1) is 16.1. The monoisotopic (exact) mass is 486 g/mol. The van der Waals surface area contributed by atoms with Crippen LogP contribution in [0.2, 0.25) is 0 Å². The van der Waals surface area contributed by atoms with Gasteiger partial charge >= 0.3 is 0 Å². The molecule has 0 radical (unpaired) electrons. The number of rotatable bonds is 10. The number of thiophene rings is 1. The SMILES string of the molecule is NC(=O)Cn1c(SCC(=O)NCC2CN(Cc3ccccc3)CCO2)nnc1-c1cccs1. The fourth-order valence-corrected chi connectivity index (χ4v) is 5.06. The number of hydrogen-bond acceptors (Lipinski definition) is 8. The summed E-state index contributed by atoms with van der Waals surface area (Å²) in [6.45, 7) is 3.55. The van der Waals surface area contributed by atoms with Crippen LogP contribution < -0.4 is 11.1 Å². The molecule has 1 atom stereocenters. The van der Waals surface area contributed by atoms with Crippen LogP contribution in [0.5, 0.6) is 0 Å². The van der Waals surface area contributed by atoms with Gasteiger partial charge in [-0.25, -0.2) is 0 Å². The Kier molecular flexibility index (Phi) is 8.10. The van der Waals surface area contributed by atoms with Gasteiger partial charge in [-0.2, -0.15) is 0 Å². The standard InChI is InChI=1S/C22H26N6O3S2/c23-19(29)14-28-21(18-7-4-10-32-18)25-26-22(28)33-15-20(30)24-11-17-13-27(8-9-31-17)12-16-5-2-1-3-6-16/h1-7,10,17H,8-9,11-15H2,(H2,23,29)(H,24,30). The lowest BCUT2D eigenvalue weighted by molar-refractivity contribution is -0.120. The molecule has 3 N–H and O–H groups in total. The molecule has 0 bridgehead atoms. The highest BCUT2D eigenvalue weighted by atomic mass is 32.2. The number of morpholine rings is 1. The number of nitrogens with zero attached hydrogens (tertiary/aromatic N) is 4. The summed E-state index contributed by atoms with van der Waals surface area (Å²) < 4.78 is 7.48. The lowest BCUT2D eigenvalue weighted by Crippen LogP contribution is -2.47. The molecule has 3 heterocycles. The number of amides is 2. The van der Waals surface area contributed by atoms with Crippen LogP contribution in [0, 0.1) is 0 Å². The summed E-state index contributed by atoms with van der Waals surface area (Å²) in [6, 6.07) is 14.1. The number of aromatic nitrogens is 3. The largest absolute Gasteiger partial charge is 0.374 e. The molecule has 0 aliphatic carbocycles. The summed E-state index contributed by atoms with van der Waals surface area (Å²) in [7, 11) is 0. The van der Waals surface area contributed by atoms with Crippen LogP contribution in [-0.2, 0) is 27.4 Å². The van der Waals surface area contributed by atoms with Crippen LogP contribution >= 0.6 is 23.1 Å². The quantitative estimate of drug-likeness (QED) is 0.418. The van der Waals surface area contributed by atoms with E-state index in [2.05, 4.69) is 32.5 Å². The zero-order valence-electron chi connectivity index (χ0n) is 18.1. The van der Waals surface area contributed by atoms with E-state index in [0.29, 0.717) is 24.1 Å². The first-order valence-electron chi connectivity index (χ1n) is 10.6. The van der Waals surface area contributed by atoms with E-state index >= 15 is 0 Å². The number of primary amides is 1. The normalized spacial score (nSPS) is 16.5. The Bertz CT molecular complexity index is 1060. The van der Waals surface area contributed by atoms with Gasteiger partial charge in [-0.15, -0.1) is 21.5 Å². The minimum Gasteiger partial charge on any atom is -0.374 e. The molecule has 33 heavy (non-hydrogen) atoms. The molecular formula is C22H26N6O3S2. The van der Waals surface area contributed by atoms with Crippen molar-refractivity contribution in [2.75, 3.05) is 32.0 Å². The summed E-state index contributed by atoms with van der Waals surface area (Å²) in [5.41, 5.74) is 6.67. The molecule has 1 aromatic carbocycles. The lowest BCUT2D eigenvalue weighted by Gasteiger charge is -2.33. The fourth-order valence-electron chi connectivity index (χ4n) is 3.58. The average Bonchev–Trinajstić information content (AvgIpc) is 3.47. The number of nitrogens with one attached hydrogen (secondary N) is 1. The predicted molar refractivity (Wildman–Crippen MR) is 128 cm³/mol. The maximum absolute atomic E-state index is 12.5. The second-order valence-electron chi connectivity index (χ2n) is 7.64. The molecule has 9 nitrogen and oxygen atoms in total. The molecular weight excluding hydrogens is 460 g/mol. The average molecular weight is 487 g/mol. The summed E-state index contributed by atoms with van der Waals surface area (Å²) in [5, 5.41) is 13.7. The van der Waals surface area contributed by atoms with Gasteiger partial charge in [0.25, 0.3) is 0 Å². The molecule has 11 heteroatoms. The van der Waals surface area contributed by atoms with E-state index in [-0.39, 0.29) is 24.3 Å². The minimum atomic E-state index is -0.492. The molecule has 1 aliphatic heterocycles. The Morgan fingerprint density at radius 2 is 2.06 bits per heavy atom. The zero-order valence-corrected chi connectivity index (χ0v) is 19.7. The van der Waals surface area contributed by atoms with Gasteiger partial charge < -0.3 is 15.8 Å². The van der Waals surface area contributed by atoms with E-state index in [1.165, 1.54) is 28.7 Å². The van der Waals surface area contributed by atoms with Crippen molar-refractivity contribution in [3.63, 3.8) is 0 Å². The van der Waals surface area contributed by atoms with E-state index < -0.39 is 5.91 Å². The molecule has 0 spiro atoms. The lowest BCUT2D eigenvalue weighted by atomic mass is 10.2. The summed E-state index contributed by atoms with van der Waals surface area (Å²) >= 11 is 2.72. The fraction of sp³-hybridized carbons (Fsp3) is 0.364. The van der Waals surface area contributed by atoms with Crippen LogP contribution in [0.15, 0.2) is 53.0 Å². The number of benzene rings is 1. The third kappa shape index (κ3) is 6.64. The molecule has 174 valence electrons. The molecule has 1 unspecified atom stereocenters. The highest BCUT2D eigenvalue weighted by molar-refractivity contribution is 7.99. The minimum absolute atomic E-state index is 0.0443. The van der Waals surface area contributed by atoms with E-state index in [4.69, 9.17) is 10.5 Å². The summed E-state index contributed by atoms with van der Waals surface area (Å²) in [5.74, 6) is 0.103. The van der Waals surface area contributed by atoms with E-state index in [0.717, 1.165) is 24.5 Å². The van der Waals surface area contributed by atoms with Crippen molar-refractivity contribution in [3.05, 3.63) is 53.4 Å². The van der Waals surface area contributed by atoms with E-state index in [1.54, 1.807) is 4.57 Å². The first kappa shape index (κ1) is 23.4. The van der Waals surface area contributed by atoms with Gasteiger partial charge in [0, 0.05) is 26.2 Å². The molecule has 1 aliphatic rings. The second-order valence-corrected chi connectivity index (χ2v) is 9.53. The third-order valence-electron chi connectivity index (χ3n) is 5.10. The molecule has 4 rings (SSSR count). The van der Waals surface area contributed by atoms with Gasteiger partial charge in [0.2, 0.25) is 11.8 Å². The Balaban J connectivity index is 1.27. The van der Waals surface area contributed by atoms with Crippen LogP contribution in [-0.4, -0.2) is 69.6 Å². The van der Waals surface area contributed by atoms with Gasteiger partial charge in [-0.1, -0.05) is 48.2 Å². The van der Waals surface area contributed by atoms with Crippen molar-refractivity contribution in [3.8, 4) is 10.7 Å². The smallest absolute Gasteiger partial charge is 0.237 e. The first-order valence-corrected chi connectivity index (χ1v) is 12.5. The van der Waals surface area contributed by atoms with Gasteiger partial charge in [0.1, 0.15) is 6.54 Å². The third-order valence-corrected chi connectivity index (χ3v) is 6.94. The number of nitrogens with two attached hydrogens (primary N) is 1. The number of carbonyl (C=O) groups excluding carboxylic acids is 2. The maximum atomic E-state index is 12.5. The predicted octanol–water partition coefficient (Wildman–Crippen LogP) is 1.60. The van der Waals surface area contributed by atoms with Crippen molar-refractivity contribution in [1.29, 1.82) is 0 Å². The molecule has 1 fully saturated rings. The maximum Gasteiger partial charge on any atom is 0.237 e. The van der Waals surface area contributed by atoms with Gasteiger partial charge in [-0.3, -0.25) is 19.1 Å². The molecule has 1 saturated heterocycles. The van der Waals surface area contributed by atoms with Crippen molar-refractivity contribution in [2.24, 2.45) is 5.73 Å². The summed E-state index contributed by atoms with van der Waals surface area (Å²) in [4.78, 5) is 27.2. The molecule has 0 saturated carbocycles. The number of hydrogen-bond donors (Lipinski definition) is 2. The number of carbonyl (C=O) groups is 2. The zero-order chi connectivity index (χ0) is 23.0. The van der Waals surface area contributed by atoms with E-state index in [9.17, 15) is 9.59 Å². The van der Waals surface area contributed by atoms with Crippen molar-refractivity contribution in [1.82, 2.24) is 25.0 Å².